The van der Waals surface area contributed by atoms with E-state index in [9.17, 15) is 14.7 Å². The summed E-state index contributed by atoms with van der Waals surface area (Å²) >= 11 is 0. The molecule has 1 atom stereocenters. The van der Waals surface area contributed by atoms with E-state index in [4.69, 9.17) is 18.9 Å². The van der Waals surface area contributed by atoms with Crippen molar-refractivity contribution in [3.05, 3.63) is 53.1 Å². The summed E-state index contributed by atoms with van der Waals surface area (Å²) < 4.78 is 22.1. The number of carbonyl (C=O) groups excluding carboxylic acids is 2. The Hall–Kier alpha value is -3.72. The Balaban J connectivity index is 1.78. The zero-order valence-corrected chi connectivity index (χ0v) is 21.8. The van der Waals surface area contributed by atoms with Crippen molar-refractivity contribution in [3.8, 4) is 23.0 Å². The number of fused-ring (bicyclic) bond motifs is 1. The van der Waals surface area contributed by atoms with Crippen LogP contribution in [-0.2, 0) is 9.59 Å². The number of Topliss-reactive ketones (excluding diaryl/α,β-unsaturated/α-hetero) is 1. The van der Waals surface area contributed by atoms with Gasteiger partial charge in [0.15, 0.2) is 23.0 Å². The van der Waals surface area contributed by atoms with E-state index in [1.807, 2.05) is 0 Å². The van der Waals surface area contributed by atoms with Gasteiger partial charge in [-0.3, -0.25) is 9.59 Å². The van der Waals surface area contributed by atoms with E-state index in [0.717, 1.165) is 19.6 Å². The van der Waals surface area contributed by atoms with Crippen molar-refractivity contribution in [1.82, 2.24) is 9.80 Å². The second kappa shape index (κ2) is 11.6. The summed E-state index contributed by atoms with van der Waals surface area (Å²) in [6.45, 7) is 7.96. The predicted molar refractivity (Wildman–Crippen MR) is 138 cm³/mol. The SMILES string of the molecule is CCN(CC)CCCN1C(=O)C(=O)C(=C(O)c2ccc3c(c2)OCCO3)[C@@H]1c1ccc(OC)c(OC)c1. The maximum absolute atomic E-state index is 13.4. The van der Waals surface area contributed by atoms with E-state index < -0.39 is 17.7 Å². The number of ketones is 1. The van der Waals surface area contributed by atoms with Gasteiger partial charge in [-0.15, -0.1) is 0 Å². The van der Waals surface area contributed by atoms with Crippen LogP contribution in [0, 0.1) is 0 Å². The number of amides is 1. The maximum Gasteiger partial charge on any atom is 0.295 e. The molecule has 2 aliphatic rings. The Morgan fingerprint density at radius 2 is 1.70 bits per heavy atom. The van der Waals surface area contributed by atoms with Gasteiger partial charge in [0, 0.05) is 12.1 Å². The van der Waals surface area contributed by atoms with Gasteiger partial charge in [0.05, 0.1) is 25.8 Å². The van der Waals surface area contributed by atoms with Crippen LogP contribution in [0.25, 0.3) is 5.76 Å². The molecule has 198 valence electrons. The van der Waals surface area contributed by atoms with Crippen LogP contribution in [0.2, 0.25) is 0 Å². The van der Waals surface area contributed by atoms with Gasteiger partial charge in [-0.1, -0.05) is 19.9 Å². The molecule has 2 aromatic carbocycles. The molecule has 2 aromatic rings. The van der Waals surface area contributed by atoms with Crippen molar-refractivity contribution < 1.29 is 33.6 Å². The van der Waals surface area contributed by atoms with E-state index in [0.29, 0.717) is 60.3 Å². The molecule has 1 amide bonds. The van der Waals surface area contributed by atoms with Gasteiger partial charge in [0.25, 0.3) is 11.7 Å². The lowest BCUT2D eigenvalue weighted by molar-refractivity contribution is -0.140. The zero-order chi connectivity index (χ0) is 26.5. The quantitative estimate of drug-likeness (QED) is 0.294. The van der Waals surface area contributed by atoms with Crippen LogP contribution in [0.15, 0.2) is 42.0 Å². The molecule has 1 N–H and O–H groups in total. The van der Waals surface area contributed by atoms with Gasteiger partial charge >= 0.3 is 0 Å². The number of rotatable bonds is 10. The first-order valence-electron chi connectivity index (χ1n) is 12.6. The number of nitrogens with zero attached hydrogens (tertiary/aromatic N) is 2. The maximum atomic E-state index is 13.4. The molecule has 0 spiro atoms. The van der Waals surface area contributed by atoms with Gasteiger partial charge in [-0.05, 0) is 62.0 Å². The van der Waals surface area contributed by atoms with E-state index in [1.165, 1.54) is 12.0 Å². The van der Waals surface area contributed by atoms with Gasteiger partial charge in [-0.2, -0.15) is 0 Å². The first kappa shape index (κ1) is 26.3. The van der Waals surface area contributed by atoms with Crippen LogP contribution in [0.4, 0.5) is 0 Å². The normalized spacial score (nSPS) is 18.4. The van der Waals surface area contributed by atoms with Crippen molar-refractivity contribution in [1.29, 1.82) is 0 Å². The summed E-state index contributed by atoms with van der Waals surface area (Å²) in [5.41, 5.74) is 1.03. The van der Waals surface area contributed by atoms with Crippen molar-refractivity contribution in [2.45, 2.75) is 26.3 Å². The van der Waals surface area contributed by atoms with E-state index in [2.05, 4.69) is 18.7 Å². The number of carbonyl (C=O) groups is 2. The molecule has 0 saturated carbocycles. The van der Waals surface area contributed by atoms with Crippen molar-refractivity contribution in [3.63, 3.8) is 0 Å². The molecule has 0 radical (unpaired) electrons. The lowest BCUT2D eigenvalue weighted by Crippen LogP contribution is -2.33. The zero-order valence-electron chi connectivity index (χ0n) is 21.8. The van der Waals surface area contributed by atoms with Crippen LogP contribution in [-0.4, -0.2) is 80.2 Å². The summed E-state index contributed by atoms with van der Waals surface area (Å²) in [6.07, 6.45) is 0.683. The molecule has 1 fully saturated rings. The molecular formula is C28H34N2O7. The Morgan fingerprint density at radius 1 is 1.00 bits per heavy atom. The van der Waals surface area contributed by atoms with Gasteiger partial charge in [-0.25, -0.2) is 0 Å². The summed E-state index contributed by atoms with van der Waals surface area (Å²) in [7, 11) is 3.07. The summed E-state index contributed by atoms with van der Waals surface area (Å²) in [4.78, 5) is 30.4. The monoisotopic (exact) mass is 510 g/mol. The van der Waals surface area contributed by atoms with Crippen molar-refractivity contribution in [2.75, 3.05) is 53.6 Å². The van der Waals surface area contributed by atoms with E-state index >= 15 is 0 Å². The van der Waals surface area contributed by atoms with Gasteiger partial charge in [0.2, 0.25) is 0 Å². The third-order valence-corrected chi connectivity index (χ3v) is 6.85. The highest BCUT2D eigenvalue weighted by Crippen LogP contribution is 2.43. The molecule has 0 bridgehead atoms. The second-order valence-electron chi connectivity index (χ2n) is 8.85. The standard InChI is InChI=1S/C28H34N2O7/c1-5-29(6-2)12-7-13-30-25(18-8-10-20(34-3)22(16-18)35-4)24(27(32)28(30)33)26(31)19-9-11-21-23(17-19)37-15-14-36-21/h8-11,16-17,25,31H,5-7,12-15H2,1-4H3/t25-/m0/s1. The molecule has 9 heteroatoms. The van der Waals surface area contributed by atoms with Crippen LogP contribution >= 0.6 is 0 Å². The average molecular weight is 511 g/mol. The minimum atomic E-state index is -0.787. The second-order valence-corrected chi connectivity index (χ2v) is 8.85. The number of aliphatic hydroxyl groups is 1. The topological polar surface area (TPSA) is 97.8 Å². The fourth-order valence-electron chi connectivity index (χ4n) is 4.83. The Morgan fingerprint density at radius 3 is 2.38 bits per heavy atom. The fourth-order valence-corrected chi connectivity index (χ4v) is 4.83. The highest BCUT2D eigenvalue weighted by Gasteiger charge is 2.46. The lowest BCUT2D eigenvalue weighted by atomic mass is 9.94. The molecule has 9 nitrogen and oxygen atoms in total. The first-order chi connectivity index (χ1) is 17.9. The fraction of sp³-hybridized carbons (Fsp3) is 0.429. The molecule has 4 rings (SSSR count). The predicted octanol–water partition coefficient (Wildman–Crippen LogP) is 3.63. The molecule has 2 aliphatic heterocycles. The van der Waals surface area contributed by atoms with Crippen LogP contribution in [0.3, 0.4) is 0 Å². The molecular weight excluding hydrogens is 476 g/mol. The summed E-state index contributed by atoms with van der Waals surface area (Å²) in [5.74, 6) is 0.405. The lowest BCUT2D eigenvalue weighted by Gasteiger charge is -2.27. The van der Waals surface area contributed by atoms with Gasteiger partial charge < -0.3 is 33.9 Å². The molecule has 0 aromatic heterocycles. The third-order valence-electron chi connectivity index (χ3n) is 6.85. The Labute approximate surface area is 217 Å². The summed E-state index contributed by atoms with van der Waals surface area (Å²) in [6, 6.07) is 9.44. The number of hydrogen-bond acceptors (Lipinski definition) is 8. The van der Waals surface area contributed by atoms with Crippen molar-refractivity contribution >= 4 is 17.4 Å². The Bertz CT molecular complexity index is 1190. The van der Waals surface area contributed by atoms with Gasteiger partial charge in [0.1, 0.15) is 19.0 Å². The highest BCUT2D eigenvalue weighted by atomic mass is 16.6. The molecule has 2 heterocycles. The van der Waals surface area contributed by atoms with Crippen LogP contribution in [0.5, 0.6) is 23.0 Å². The molecule has 37 heavy (non-hydrogen) atoms. The number of ether oxygens (including phenoxy) is 4. The minimum Gasteiger partial charge on any atom is -0.507 e. The first-order valence-corrected chi connectivity index (χ1v) is 12.6. The average Bonchev–Trinajstić information content (AvgIpc) is 3.19. The molecule has 0 unspecified atom stereocenters. The number of hydrogen-bond donors (Lipinski definition) is 1. The number of benzene rings is 2. The van der Waals surface area contributed by atoms with Crippen LogP contribution < -0.4 is 18.9 Å². The highest BCUT2D eigenvalue weighted by molar-refractivity contribution is 6.46. The van der Waals surface area contributed by atoms with Crippen LogP contribution in [0.1, 0.15) is 37.4 Å². The number of methoxy groups -OCH3 is 2. The van der Waals surface area contributed by atoms with E-state index in [1.54, 1.807) is 43.5 Å². The number of likely N-dealkylation sites (tertiary alicyclic amines) is 1. The number of aliphatic hydroxyl groups excluding tert-OH is 1. The smallest absolute Gasteiger partial charge is 0.295 e. The Kier molecular flexibility index (Phi) is 8.23. The minimum absolute atomic E-state index is 0.0248. The third kappa shape index (κ3) is 5.22. The molecule has 1 saturated heterocycles. The van der Waals surface area contributed by atoms with E-state index in [-0.39, 0.29) is 11.3 Å². The molecule has 0 aliphatic carbocycles. The summed E-state index contributed by atoms with van der Waals surface area (Å²) in [5, 5.41) is 11.4. The van der Waals surface area contributed by atoms with Crippen molar-refractivity contribution in [2.24, 2.45) is 0 Å². The largest absolute Gasteiger partial charge is 0.507 e.